The number of ether oxygens (including phenoxy) is 1. The smallest absolute Gasteiger partial charge is 0.261 e. The summed E-state index contributed by atoms with van der Waals surface area (Å²) in [5.74, 6) is 0.237. The molecule has 2 atom stereocenters. The highest BCUT2D eigenvalue weighted by molar-refractivity contribution is 7.91. The number of para-hydroxylation sites is 1. The van der Waals surface area contributed by atoms with Crippen molar-refractivity contribution >= 4 is 30.9 Å². The number of hydrogen-bond acceptors (Lipinski definition) is 6. The number of aliphatic hydroxyl groups is 1. The van der Waals surface area contributed by atoms with Gasteiger partial charge in [0.1, 0.15) is 12.3 Å². The molecule has 2 N–H and O–H groups in total. The van der Waals surface area contributed by atoms with Crippen LogP contribution in [-0.2, 0) is 26.5 Å². The van der Waals surface area contributed by atoms with Crippen LogP contribution in [0.1, 0.15) is 49.3 Å². The standard InChI is InChI=1S/C32H36NO4S.CH4O3S/c1-23-12-17-29-27(21-23)30(31(34)32(2,3)22-38(29,35)36)25-13-15-26(16-14-25)37-20-7-6-18-33-19-8-10-24-9-4-5-11-28(24)33;1-5(2,3)4/h4-5,8-17,19,21,30-31,34H,6-7,18,20,22H2,1-3H3;1H3,(H,2,3,4)/q+1;/t30-,31-;/m1./s1. The minimum absolute atomic E-state index is 0.0913. The van der Waals surface area contributed by atoms with Gasteiger partial charge in [0, 0.05) is 35.3 Å². The molecule has 0 amide bonds. The molecule has 1 aliphatic heterocycles. The van der Waals surface area contributed by atoms with Crippen molar-refractivity contribution in [1.82, 2.24) is 0 Å². The normalized spacial score (nSPS) is 19.0. The fourth-order valence-corrected chi connectivity index (χ4v) is 7.72. The maximum Gasteiger partial charge on any atom is 0.261 e. The van der Waals surface area contributed by atoms with Crippen molar-refractivity contribution in [2.24, 2.45) is 5.41 Å². The molecule has 0 radical (unpaired) electrons. The molecule has 0 aliphatic carbocycles. The quantitative estimate of drug-likeness (QED) is 0.166. The van der Waals surface area contributed by atoms with Crippen LogP contribution in [0.2, 0.25) is 0 Å². The number of unbranched alkanes of at least 4 members (excludes halogenated alkanes) is 1. The minimum atomic E-state index is -3.67. The number of nitrogens with zero attached hydrogens (tertiary/aromatic N) is 1. The van der Waals surface area contributed by atoms with E-state index < -0.39 is 37.4 Å². The van der Waals surface area contributed by atoms with Crippen LogP contribution < -0.4 is 9.30 Å². The largest absolute Gasteiger partial charge is 0.494 e. The second-order valence-electron chi connectivity index (χ2n) is 11.8. The lowest BCUT2D eigenvalue weighted by Gasteiger charge is -2.33. The molecule has 3 aromatic carbocycles. The molecule has 0 bridgehead atoms. The first-order valence-corrected chi connectivity index (χ1v) is 17.7. The number of pyridine rings is 1. The molecule has 4 aromatic rings. The molecule has 10 heteroatoms. The van der Waals surface area contributed by atoms with Crippen molar-refractivity contribution in [2.75, 3.05) is 18.6 Å². The van der Waals surface area contributed by atoms with Gasteiger partial charge in [-0.25, -0.2) is 8.42 Å². The molecule has 1 aromatic heterocycles. The van der Waals surface area contributed by atoms with Gasteiger partial charge in [-0.3, -0.25) is 4.55 Å². The van der Waals surface area contributed by atoms with Gasteiger partial charge < -0.3 is 9.84 Å². The molecule has 0 saturated heterocycles. The average molecular weight is 627 g/mol. The fourth-order valence-electron chi connectivity index (χ4n) is 5.59. The average Bonchev–Trinajstić information content (AvgIpc) is 2.97. The van der Waals surface area contributed by atoms with Gasteiger partial charge in [0.05, 0.1) is 29.6 Å². The van der Waals surface area contributed by atoms with Crippen LogP contribution in [0.5, 0.6) is 5.75 Å². The Balaban J connectivity index is 0.000000782. The van der Waals surface area contributed by atoms with E-state index in [2.05, 4.69) is 47.2 Å². The van der Waals surface area contributed by atoms with Crippen molar-refractivity contribution in [2.45, 2.75) is 57.1 Å². The number of sulfone groups is 1. The molecule has 230 valence electrons. The van der Waals surface area contributed by atoms with Crippen LogP contribution in [0.15, 0.2) is 90.0 Å². The number of fused-ring (bicyclic) bond motifs is 2. The third-order valence-corrected chi connectivity index (χ3v) is 9.77. The van der Waals surface area contributed by atoms with Gasteiger partial charge in [0.2, 0.25) is 5.52 Å². The number of aryl methyl sites for hydroxylation is 2. The Morgan fingerprint density at radius 1 is 0.977 bits per heavy atom. The summed E-state index contributed by atoms with van der Waals surface area (Å²) in [7, 11) is -7.19. The lowest BCUT2D eigenvalue weighted by Crippen LogP contribution is -2.38. The van der Waals surface area contributed by atoms with Crippen molar-refractivity contribution in [1.29, 1.82) is 0 Å². The Hall–Kier alpha value is -3.31. The zero-order chi connectivity index (χ0) is 31.4. The first kappa shape index (κ1) is 32.6. The maximum atomic E-state index is 13.2. The molecule has 1 aliphatic rings. The fraction of sp³-hybridized carbons (Fsp3) is 0.364. The van der Waals surface area contributed by atoms with Crippen LogP contribution in [0.3, 0.4) is 0 Å². The Morgan fingerprint density at radius 2 is 1.63 bits per heavy atom. The number of aromatic nitrogens is 1. The van der Waals surface area contributed by atoms with Crippen molar-refractivity contribution in [3.8, 4) is 5.75 Å². The van der Waals surface area contributed by atoms with Gasteiger partial charge in [-0.05, 0) is 54.8 Å². The summed E-state index contributed by atoms with van der Waals surface area (Å²) < 4.78 is 60.6. The molecular formula is C33H40NO7S2+. The predicted molar refractivity (Wildman–Crippen MR) is 168 cm³/mol. The van der Waals surface area contributed by atoms with Crippen LogP contribution in [-0.4, -0.2) is 51.2 Å². The molecule has 0 fully saturated rings. The second-order valence-corrected chi connectivity index (χ2v) is 15.3. The summed E-state index contributed by atoms with van der Waals surface area (Å²) in [5, 5.41) is 12.7. The molecule has 8 nitrogen and oxygen atoms in total. The molecule has 5 rings (SSSR count). The second kappa shape index (κ2) is 13.1. The van der Waals surface area contributed by atoms with Crippen molar-refractivity contribution in [3.63, 3.8) is 0 Å². The summed E-state index contributed by atoms with van der Waals surface area (Å²) in [5.41, 5.74) is 2.96. The topological polar surface area (TPSA) is 122 Å². The third kappa shape index (κ3) is 8.41. The van der Waals surface area contributed by atoms with Crippen molar-refractivity contribution in [3.05, 3.63) is 102 Å². The van der Waals surface area contributed by atoms with Crippen LogP contribution in [0, 0.1) is 12.3 Å². The predicted octanol–water partition coefficient (Wildman–Crippen LogP) is 5.11. The van der Waals surface area contributed by atoms with E-state index in [1.807, 2.05) is 57.2 Å². The Bertz CT molecular complexity index is 1770. The monoisotopic (exact) mass is 626 g/mol. The number of hydrogen-bond donors (Lipinski definition) is 2. The molecule has 0 spiro atoms. The third-order valence-electron chi connectivity index (χ3n) is 7.60. The zero-order valence-electron chi connectivity index (χ0n) is 25.0. The molecule has 0 saturated carbocycles. The van der Waals surface area contributed by atoms with Crippen molar-refractivity contribution < 1.29 is 35.8 Å². The van der Waals surface area contributed by atoms with Gasteiger partial charge in [0.25, 0.3) is 10.1 Å². The Morgan fingerprint density at radius 3 is 2.33 bits per heavy atom. The highest BCUT2D eigenvalue weighted by atomic mass is 32.2. The van der Waals surface area contributed by atoms with E-state index in [9.17, 15) is 21.9 Å². The SMILES string of the molecule is CS(=O)(=O)O.Cc1ccc2c(c1)[C@@H](c1ccc(OCCCC[n+]3cccc4ccccc43)cc1)[C@@H](O)C(C)(C)CS2(=O)=O. The molecule has 43 heavy (non-hydrogen) atoms. The van der Waals surface area contributed by atoms with E-state index in [1.54, 1.807) is 6.07 Å². The summed E-state index contributed by atoms with van der Waals surface area (Å²) >= 11 is 0. The van der Waals surface area contributed by atoms with Gasteiger partial charge in [-0.15, -0.1) is 0 Å². The Kier molecular flexibility index (Phi) is 9.96. The maximum absolute atomic E-state index is 13.2. The van der Waals surface area contributed by atoms with E-state index >= 15 is 0 Å². The van der Waals surface area contributed by atoms with E-state index in [4.69, 9.17) is 9.29 Å². The first-order valence-electron chi connectivity index (χ1n) is 14.2. The van der Waals surface area contributed by atoms with E-state index in [1.165, 1.54) is 10.9 Å². The summed E-state index contributed by atoms with van der Waals surface area (Å²) in [6, 6.07) is 25.8. The lowest BCUT2D eigenvalue weighted by molar-refractivity contribution is -0.671. The van der Waals surface area contributed by atoms with Crippen LogP contribution >= 0.6 is 0 Å². The highest BCUT2D eigenvalue weighted by Crippen LogP contribution is 2.45. The highest BCUT2D eigenvalue weighted by Gasteiger charge is 2.44. The van der Waals surface area contributed by atoms with Crippen LogP contribution in [0.25, 0.3) is 10.9 Å². The number of benzene rings is 3. The molecule has 2 heterocycles. The number of rotatable bonds is 7. The Labute approximate surface area is 254 Å². The summed E-state index contributed by atoms with van der Waals surface area (Å²) in [6.45, 7) is 7.15. The first-order chi connectivity index (χ1) is 20.2. The zero-order valence-corrected chi connectivity index (χ0v) is 26.6. The summed E-state index contributed by atoms with van der Waals surface area (Å²) in [6.07, 6.45) is 3.92. The molecular weight excluding hydrogens is 586 g/mol. The van der Waals surface area contributed by atoms with Gasteiger partial charge in [-0.2, -0.15) is 13.0 Å². The van der Waals surface area contributed by atoms with E-state index in [0.717, 1.165) is 36.3 Å². The van der Waals surface area contributed by atoms with Crippen LogP contribution in [0.4, 0.5) is 0 Å². The van der Waals surface area contributed by atoms with Gasteiger partial charge >= 0.3 is 0 Å². The molecule has 0 unspecified atom stereocenters. The summed E-state index contributed by atoms with van der Waals surface area (Å²) in [4.78, 5) is 0.321. The van der Waals surface area contributed by atoms with E-state index in [0.29, 0.717) is 23.3 Å². The lowest BCUT2D eigenvalue weighted by atomic mass is 9.75. The van der Waals surface area contributed by atoms with E-state index in [-0.39, 0.29) is 5.75 Å². The number of aliphatic hydroxyl groups excluding tert-OH is 1. The minimum Gasteiger partial charge on any atom is -0.494 e. The van der Waals surface area contributed by atoms with Gasteiger partial charge in [-0.1, -0.05) is 55.8 Å². The van der Waals surface area contributed by atoms with Gasteiger partial charge in [0.15, 0.2) is 16.0 Å².